The first-order chi connectivity index (χ1) is 9.61. The smallest absolute Gasteiger partial charge is 0.332 e. The van der Waals surface area contributed by atoms with Crippen molar-refractivity contribution in [3.63, 3.8) is 0 Å². The Bertz CT molecular complexity index is 593. The van der Waals surface area contributed by atoms with Crippen LogP contribution in [0.25, 0.3) is 0 Å². The summed E-state index contributed by atoms with van der Waals surface area (Å²) in [4.78, 5) is 12.1. The number of aryl methyl sites for hydroxylation is 2. The molecule has 3 nitrogen and oxygen atoms in total. The van der Waals surface area contributed by atoms with E-state index in [4.69, 9.17) is 4.74 Å². The van der Waals surface area contributed by atoms with Gasteiger partial charge in [0, 0.05) is 5.69 Å². The minimum Gasteiger partial charge on any atom is -0.467 e. The molecule has 1 atom stereocenters. The number of nitrogens with one attached hydrogen (secondary N) is 1. The summed E-state index contributed by atoms with van der Waals surface area (Å²) in [7, 11) is 1.41. The van der Waals surface area contributed by atoms with Crippen molar-refractivity contribution >= 4 is 11.7 Å². The van der Waals surface area contributed by atoms with Crippen molar-refractivity contribution < 1.29 is 9.53 Å². The zero-order chi connectivity index (χ0) is 14.5. The van der Waals surface area contributed by atoms with E-state index in [0.717, 1.165) is 22.4 Å². The van der Waals surface area contributed by atoms with Gasteiger partial charge in [-0.2, -0.15) is 0 Å². The summed E-state index contributed by atoms with van der Waals surface area (Å²) in [6.45, 7) is 4.01. The van der Waals surface area contributed by atoms with E-state index in [9.17, 15) is 4.79 Å². The van der Waals surface area contributed by atoms with E-state index in [1.54, 1.807) is 0 Å². The van der Waals surface area contributed by atoms with Gasteiger partial charge in [0.15, 0.2) is 6.04 Å². The number of esters is 1. The Kier molecular flexibility index (Phi) is 4.41. The topological polar surface area (TPSA) is 38.3 Å². The molecule has 0 heterocycles. The highest BCUT2D eigenvalue weighted by Gasteiger charge is 2.23. The number of methoxy groups -OCH3 is 1. The zero-order valence-corrected chi connectivity index (χ0v) is 12.0. The minimum atomic E-state index is -0.498. The van der Waals surface area contributed by atoms with Gasteiger partial charge in [-0.25, -0.2) is 4.79 Å². The number of carbonyl (C=O) groups is 1. The summed E-state index contributed by atoms with van der Waals surface area (Å²) in [6.07, 6.45) is 0. The number of ether oxygens (including phenoxy) is 1. The second-order valence-corrected chi connectivity index (χ2v) is 4.83. The number of hydrogen-bond acceptors (Lipinski definition) is 3. The summed E-state index contributed by atoms with van der Waals surface area (Å²) in [5, 5.41) is 3.24. The lowest BCUT2D eigenvalue weighted by Crippen LogP contribution is -2.23. The van der Waals surface area contributed by atoms with Crippen LogP contribution in [0.4, 0.5) is 5.69 Å². The summed E-state index contributed by atoms with van der Waals surface area (Å²) in [5.74, 6) is -0.289. The summed E-state index contributed by atoms with van der Waals surface area (Å²) in [6, 6.07) is 15.2. The van der Waals surface area contributed by atoms with Gasteiger partial charge in [-0.15, -0.1) is 0 Å². The fourth-order valence-corrected chi connectivity index (χ4v) is 2.15. The van der Waals surface area contributed by atoms with Gasteiger partial charge in [0.25, 0.3) is 0 Å². The zero-order valence-electron chi connectivity index (χ0n) is 12.0. The highest BCUT2D eigenvalue weighted by atomic mass is 16.5. The van der Waals surface area contributed by atoms with Crippen LogP contribution in [0, 0.1) is 13.8 Å². The van der Waals surface area contributed by atoms with Crippen molar-refractivity contribution in [2.24, 2.45) is 0 Å². The van der Waals surface area contributed by atoms with Crippen molar-refractivity contribution in [3.05, 3.63) is 65.2 Å². The third-order valence-corrected chi connectivity index (χ3v) is 3.27. The lowest BCUT2D eigenvalue weighted by molar-refractivity contribution is -0.141. The molecular formula is C17H19NO2. The van der Waals surface area contributed by atoms with Crippen LogP contribution in [-0.2, 0) is 9.53 Å². The lowest BCUT2D eigenvalue weighted by Gasteiger charge is -2.20. The second kappa shape index (κ2) is 6.24. The number of hydrogen-bond donors (Lipinski definition) is 1. The number of benzene rings is 2. The highest BCUT2D eigenvalue weighted by molar-refractivity contribution is 5.81. The van der Waals surface area contributed by atoms with Crippen LogP contribution in [-0.4, -0.2) is 13.1 Å². The number of rotatable bonds is 4. The molecule has 0 aromatic heterocycles. The van der Waals surface area contributed by atoms with Crippen LogP contribution in [0.1, 0.15) is 22.7 Å². The van der Waals surface area contributed by atoms with Crippen molar-refractivity contribution in [2.75, 3.05) is 12.4 Å². The molecule has 2 rings (SSSR count). The lowest BCUT2D eigenvalue weighted by atomic mass is 9.98. The van der Waals surface area contributed by atoms with Gasteiger partial charge >= 0.3 is 5.97 Å². The van der Waals surface area contributed by atoms with Crippen LogP contribution in [0.3, 0.4) is 0 Å². The first kappa shape index (κ1) is 14.1. The van der Waals surface area contributed by atoms with E-state index < -0.39 is 6.04 Å². The van der Waals surface area contributed by atoms with Crippen LogP contribution < -0.4 is 5.32 Å². The molecule has 0 saturated heterocycles. The maximum Gasteiger partial charge on any atom is 0.332 e. The Hall–Kier alpha value is -2.29. The van der Waals surface area contributed by atoms with Gasteiger partial charge in [0.1, 0.15) is 0 Å². The van der Waals surface area contributed by atoms with Gasteiger partial charge in [-0.1, -0.05) is 42.0 Å². The fourth-order valence-electron chi connectivity index (χ4n) is 2.15. The minimum absolute atomic E-state index is 0.289. The molecule has 0 amide bonds. The molecule has 0 bridgehead atoms. The molecule has 3 heteroatoms. The molecular weight excluding hydrogens is 250 g/mol. The Morgan fingerprint density at radius 3 is 2.45 bits per heavy atom. The molecule has 0 aliphatic rings. The molecule has 20 heavy (non-hydrogen) atoms. The maximum atomic E-state index is 12.1. The third-order valence-electron chi connectivity index (χ3n) is 3.27. The van der Waals surface area contributed by atoms with Crippen molar-refractivity contribution in [1.82, 2.24) is 0 Å². The fraction of sp³-hybridized carbons (Fsp3) is 0.235. The molecule has 0 aliphatic carbocycles. The first-order valence-corrected chi connectivity index (χ1v) is 6.58. The summed E-state index contributed by atoms with van der Waals surface area (Å²) in [5.41, 5.74) is 4.02. The Morgan fingerprint density at radius 1 is 1.10 bits per heavy atom. The van der Waals surface area contributed by atoms with E-state index in [-0.39, 0.29) is 5.97 Å². The molecule has 1 unspecified atom stereocenters. The molecule has 2 aromatic rings. The normalized spacial score (nSPS) is 11.8. The number of para-hydroxylation sites is 1. The van der Waals surface area contributed by atoms with Crippen LogP contribution in [0.2, 0.25) is 0 Å². The maximum absolute atomic E-state index is 12.1. The average molecular weight is 269 g/mol. The van der Waals surface area contributed by atoms with Gasteiger partial charge in [0.05, 0.1) is 7.11 Å². The highest BCUT2D eigenvalue weighted by Crippen LogP contribution is 2.24. The first-order valence-electron chi connectivity index (χ1n) is 6.58. The molecule has 2 aromatic carbocycles. The SMILES string of the molecule is COC(=O)C(Nc1ccccc1)c1cc(C)ccc1C. The second-order valence-electron chi connectivity index (χ2n) is 4.83. The Labute approximate surface area is 119 Å². The Balaban J connectivity index is 2.37. The molecule has 104 valence electrons. The molecule has 1 N–H and O–H groups in total. The van der Waals surface area contributed by atoms with E-state index >= 15 is 0 Å². The van der Waals surface area contributed by atoms with Crippen molar-refractivity contribution in [3.8, 4) is 0 Å². The van der Waals surface area contributed by atoms with Gasteiger partial charge in [0.2, 0.25) is 0 Å². The van der Waals surface area contributed by atoms with Crippen molar-refractivity contribution in [2.45, 2.75) is 19.9 Å². The van der Waals surface area contributed by atoms with E-state index in [2.05, 4.69) is 5.32 Å². The van der Waals surface area contributed by atoms with Gasteiger partial charge in [-0.05, 0) is 37.1 Å². The van der Waals surface area contributed by atoms with Crippen LogP contribution in [0.5, 0.6) is 0 Å². The number of carbonyl (C=O) groups excluding carboxylic acids is 1. The predicted octanol–water partition coefficient (Wildman–Crippen LogP) is 3.63. The molecule has 0 fully saturated rings. The largest absolute Gasteiger partial charge is 0.467 e. The van der Waals surface area contributed by atoms with E-state index in [1.165, 1.54) is 7.11 Å². The van der Waals surface area contributed by atoms with Gasteiger partial charge in [-0.3, -0.25) is 0 Å². The number of anilines is 1. The van der Waals surface area contributed by atoms with Crippen molar-refractivity contribution in [1.29, 1.82) is 0 Å². The van der Waals surface area contributed by atoms with Crippen LogP contribution >= 0.6 is 0 Å². The predicted molar refractivity (Wildman–Crippen MR) is 80.7 cm³/mol. The molecule has 0 spiro atoms. The summed E-state index contributed by atoms with van der Waals surface area (Å²) >= 11 is 0. The monoisotopic (exact) mass is 269 g/mol. The van der Waals surface area contributed by atoms with E-state index in [1.807, 2.05) is 62.4 Å². The third kappa shape index (κ3) is 3.18. The average Bonchev–Trinajstić information content (AvgIpc) is 2.48. The van der Waals surface area contributed by atoms with Gasteiger partial charge < -0.3 is 10.1 Å². The molecule has 0 aliphatic heterocycles. The summed E-state index contributed by atoms with van der Waals surface area (Å²) < 4.78 is 4.93. The Morgan fingerprint density at radius 2 is 1.80 bits per heavy atom. The quantitative estimate of drug-likeness (QED) is 0.861. The van der Waals surface area contributed by atoms with E-state index in [0.29, 0.717) is 0 Å². The van der Waals surface area contributed by atoms with Crippen LogP contribution in [0.15, 0.2) is 48.5 Å². The molecule has 0 radical (unpaired) electrons. The molecule has 0 saturated carbocycles. The standard InChI is InChI=1S/C17H19NO2/c1-12-9-10-13(2)15(11-12)16(17(19)20-3)18-14-7-5-4-6-8-14/h4-11,16,18H,1-3H3.